The zero-order valence-electron chi connectivity index (χ0n) is 11.5. The quantitative estimate of drug-likeness (QED) is 0.847. The normalized spacial score (nSPS) is 11.2. The Bertz CT molecular complexity index is 724. The van der Waals surface area contributed by atoms with Crippen molar-refractivity contribution in [2.75, 3.05) is 18.9 Å². The van der Waals surface area contributed by atoms with Gasteiger partial charge in [-0.05, 0) is 23.6 Å². The van der Waals surface area contributed by atoms with Gasteiger partial charge in [-0.1, -0.05) is 0 Å². The first-order valence-corrected chi connectivity index (χ1v) is 8.30. The van der Waals surface area contributed by atoms with Gasteiger partial charge in [-0.25, -0.2) is 8.42 Å². The number of thiophene rings is 1. The van der Waals surface area contributed by atoms with Gasteiger partial charge in [-0.3, -0.25) is 4.72 Å². The Labute approximate surface area is 127 Å². The number of sulfonamides is 1. The molecular weight excluding hydrogens is 314 g/mol. The molecule has 2 rings (SSSR count). The molecule has 114 valence electrons. The number of aliphatic hydroxyl groups is 1. The fourth-order valence-electron chi connectivity index (χ4n) is 1.79. The molecular formula is C13H15NO5S2. The lowest BCUT2D eigenvalue weighted by atomic mass is 10.3. The van der Waals surface area contributed by atoms with Crippen molar-refractivity contribution in [3.63, 3.8) is 0 Å². The van der Waals surface area contributed by atoms with Crippen molar-refractivity contribution in [2.24, 2.45) is 0 Å². The van der Waals surface area contributed by atoms with Crippen LogP contribution in [-0.2, 0) is 16.6 Å². The third-order valence-corrected chi connectivity index (χ3v) is 5.27. The summed E-state index contributed by atoms with van der Waals surface area (Å²) in [5.41, 5.74) is 0.350. The maximum Gasteiger partial charge on any atom is 0.263 e. The van der Waals surface area contributed by atoms with Crippen molar-refractivity contribution in [1.82, 2.24) is 0 Å². The SMILES string of the molecule is COc1ccc(NS(=O)(=O)c2ccsc2CO)cc1OC. The Kier molecular flexibility index (Phi) is 4.71. The third-order valence-electron chi connectivity index (χ3n) is 2.77. The molecule has 0 unspecified atom stereocenters. The molecule has 2 aromatic rings. The van der Waals surface area contributed by atoms with Crippen LogP contribution in [0.1, 0.15) is 4.88 Å². The van der Waals surface area contributed by atoms with Crippen molar-refractivity contribution in [1.29, 1.82) is 0 Å². The number of hydrogen-bond acceptors (Lipinski definition) is 6. The van der Waals surface area contributed by atoms with E-state index in [1.807, 2.05) is 0 Å². The minimum absolute atomic E-state index is 0.0739. The number of rotatable bonds is 6. The molecule has 21 heavy (non-hydrogen) atoms. The van der Waals surface area contributed by atoms with Gasteiger partial charge in [0.05, 0.1) is 31.4 Å². The fraction of sp³-hybridized carbons (Fsp3) is 0.231. The number of anilines is 1. The van der Waals surface area contributed by atoms with Gasteiger partial charge in [0, 0.05) is 6.07 Å². The van der Waals surface area contributed by atoms with Crippen LogP contribution in [-0.4, -0.2) is 27.7 Å². The highest BCUT2D eigenvalue weighted by atomic mass is 32.2. The lowest BCUT2D eigenvalue weighted by molar-refractivity contribution is 0.282. The molecule has 0 saturated carbocycles. The van der Waals surface area contributed by atoms with Crippen LogP contribution in [0.3, 0.4) is 0 Å². The second-order valence-electron chi connectivity index (χ2n) is 4.04. The number of nitrogens with one attached hydrogen (secondary N) is 1. The number of ether oxygens (including phenoxy) is 2. The van der Waals surface area contributed by atoms with Gasteiger partial charge in [-0.2, -0.15) is 0 Å². The van der Waals surface area contributed by atoms with E-state index in [2.05, 4.69) is 4.72 Å². The standard InChI is InChI=1S/C13H15NO5S2/c1-18-10-4-3-9(7-11(10)19-2)14-21(16,17)13-5-6-20-12(13)8-15/h3-7,14-15H,8H2,1-2H3. The molecule has 1 aromatic heterocycles. The van der Waals surface area contributed by atoms with Crippen LogP contribution in [0.25, 0.3) is 0 Å². The molecule has 2 N–H and O–H groups in total. The van der Waals surface area contributed by atoms with E-state index in [4.69, 9.17) is 14.6 Å². The molecule has 1 aromatic carbocycles. The fourth-order valence-corrected chi connectivity index (χ4v) is 4.14. The zero-order chi connectivity index (χ0) is 15.5. The van der Waals surface area contributed by atoms with Crippen LogP contribution in [0, 0.1) is 0 Å². The Morgan fingerprint density at radius 1 is 1.19 bits per heavy atom. The molecule has 0 aliphatic rings. The zero-order valence-corrected chi connectivity index (χ0v) is 13.1. The summed E-state index contributed by atoms with van der Waals surface area (Å²) in [6.07, 6.45) is 0. The predicted octanol–water partition coefficient (Wildman–Crippen LogP) is 2.06. The van der Waals surface area contributed by atoms with Gasteiger partial charge < -0.3 is 14.6 Å². The van der Waals surface area contributed by atoms with Crippen molar-refractivity contribution in [3.8, 4) is 11.5 Å². The summed E-state index contributed by atoms with van der Waals surface area (Å²) < 4.78 is 37.3. The Hall–Kier alpha value is -1.77. The van der Waals surface area contributed by atoms with Crippen molar-refractivity contribution >= 4 is 27.0 Å². The summed E-state index contributed by atoms with van der Waals surface area (Å²) in [6, 6.07) is 6.17. The van der Waals surface area contributed by atoms with Crippen LogP contribution >= 0.6 is 11.3 Å². The Morgan fingerprint density at radius 2 is 1.90 bits per heavy atom. The summed E-state index contributed by atoms with van der Waals surface area (Å²) >= 11 is 1.19. The summed E-state index contributed by atoms with van der Waals surface area (Å²) in [4.78, 5) is 0.466. The summed E-state index contributed by atoms with van der Waals surface area (Å²) in [7, 11) is -0.782. The first-order chi connectivity index (χ1) is 10.0. The average Bonchev–Trinajstić information content (AvgIpc) is 2.96. The number of hydrogen-bond donors (Lipinski definition) is 2. The largest absolute Gasteiger partial charge is 0.493 e. The summed E-state index contributed by atoms with van der Waals surface area (Å²) in [6.45, 7) is -0.320. The van der Waals surface area contributed by atoms with Gasteiger partial charge in [0.15, 0.2) is 11.5 Å². The summed E-state index contributed by atoms with van der Waals surface area (Å²) in [5.74, 6) is 0.928. The second kappa shape index (κ2) is 6.33. The minimum atomic E-state index is -3.75. The van der Waals surface area contributed by atoms with E-state index in [0.717, 1.165) is 0 Å². The molecule has 6 nitrogen and oxygen atoms in total. The first kappa shape index (κ1) is 15.6. The highest BCUT2D eigenvalue weighted by Gasteiger charge is 2.20. The number of benzene rings is 1. The van der Waals surface area contributed by atoms with Gasteiger partial charge in [-0.15, -0.1) is 11.3 Å². The molecule has 0 fully saturated rings. The van der Waals surface area contributed by atoms with Crippen LogP contribution in [0.4, 0.5) is 5.69 Å². The van der Waals surface area contributed by atoms with Crippen molar-refractivity contribution < 1.29 is 23.0 Å². The van der Waals surface area contributed by atoms with Gasteiger partial charge in [0.2, 0.25) is 0 Å². The third kappa shape index (κ3) is 3.29. The van der Waals surface area contributed by atoms with Crippen LogP contribution < -0.4 is 14.2 Å². The van der Waals surface area contributed by atoms with Crippen molar-refractivity contribution in [2.45, 2.75) is 11.5 Å². The molecule has 1 heterocycles. The van der Waals surface area contributed by atoms with E-state index in [-0.39, 0.29) is 11.5 Å². The predicted molar refractivity (Wildman–Crippen MR) is 80.6 cm³/mol. The lowest BCUT2D eigenvalue weighted by Gasteiger charge is -2.11. The smallest absolute Gasteiger partial charge is 0.263 e. The van der Waals surface area contributed by atoms with Crippen LogP contribution in [0.5, 0.6) is 11.5 Å². The molecule has 0 spiro atoms. The molecule has 0 atom stereocenters. The first-order valence-electron chi connectivity index (χ1n) is 5.94. The van der Waals surface area contributed by atoms with E-state index in [9.17, 15) is 8.42 Å². The molecule has 8 heteroatoms. The van der Waals surface area contributed by atoms with E-state index in [0.29, 0.717) is 22.1 Å². The molecule has 0 aliphatic heterocycles. The van der Waals surface area contributed by atoms with E-state index >= 15 is 0 Å². The van der Waals surface area contributed by atoms with Gasteiger partial charge in [0.1, 0.15) is 4.90 Å². The molecule has 0 bridgehead atoms. The summed E-state index contributed by atoms with van der Waals surface area (Å²) in [5, 5.41) is 10.8. The average molecular weight is 329 g/mol. The molecule has 0 saturated heterocycles. The maximum atomic E-state index is 12.3. The van der Waals surface area contributed by atoms with Gasteiger partial charge in [0.25, 0.3) is 10.0 Å². The molecule has 0 radical (unpaired) electrons. The monoisotopic (exact) mass is 329 g/mol. The lowest BCUT2D eigenvalue weighted by Crippen LogP contribution is -2.13. The second-order valence-corrected chi connectivity index (χ2v) is 6.69. The maximum absolute atomic E-state index is 12.3. The van der Waals surface area contributed by atoms with Crippen LogP contribution in [0.15, 0.2) is 34.5 Å². The van der Waals surface area contributed by atoms with E-state index in [1.54, 1.807) is 17.5 Å². The number of methoxy groups -OCH3 is 2. The number of aliphatic hydroxyl groups excluding tert-OH is 1. The molecule has 0 aliphatic carbocycles. The van der Waals surface area contributed by atoms with E-state index < -0.39 is 10.0 Å². The Morgan fingerprint density at radius 3 is 2.52 bits per heavy atom. The Balaban J connectivity index is 2.33. The topological polar surface area (TPSA) is 84.9 Å². The molecule has 0 amide bonds. The minimum Gasteiger partial charge on any atom is -0.493 e. The highest BCUT2D eigenvalue weighted by Crippen LogP contribution is 2.31. The highest BCUT2D eigenvalue weighted by molar-refractivity contribution is 7.93. The van der Waals surface area contributed by atoms with Crippen LogP contribution in [0.2, 0.25) is 0 Å². The van der Waals surface area contributed by atoms with E-state index in [1.165, 1.54) is 37.7 Å². The van der Waals surface area contributed by atoms with Gasteiger partial charge >= 0.3 is 0 Å². The van der Waals surface area contributed by atoms with Crippen molar-refractivity contribution in [3.05, 3.63) is 34.5 Å².